The Balaban J connectivity index is 1.80. The van der Waals surface area contributed by atoms with Gasteiger partial charge in [-0.05, 0) is 41.8 Å². The van der Waals surface area contributed by atoms with E-state index in [0.29, 0.717) is 16.9 Å². The van der Waals surface area contributed by atoms with Crippen LogP contribution in [0.15, 0.2) is 52.1 Å². The Labute approximate surface area is 188 Å². The van der Waals surface area contributed by atoms with E-state index in [1.807, 2.05) is 35.0 Å². The molecule has 4 aromatic heterocycles. The van der Waals surface area contributed by atoms with Gasteiger partial charge in [0.1, 0.15) is 28.0 Å². The zero-order chi connectivity index (χ0) is 22.0. The molecular weight excluding hydrogens is 449 g/mol. The van der Waals surface area contributed by atoms with Gasteiger partial charge in [-0.2, -0.15) is 0 Å². The first-order valence-corrected chi connectivity index (χ1v) is 11.7. The molecule has 0 radical (unpaired) electrons. The van der Waals surface area contributed by atoms with E-state index >= 15 is 4.39 Å². The Kier molecular flexibility index (Phi) is 4.24. The highest BCUT2D eigenvalue weighted by atomic mass is 32.1. The van der Waals surface area contributed by atoms with Crippen molar-refractivity contribution in [1.82, 2.24) is 14.5 Å². The first kappa shape index (κ1) is 19.3. The van der Waals surface area contributed by atoms with Crippen molar-refractivity contribution in [3.05, 3.63) is 68.9 Å². The first-order valence-electron chi connectivity index (χ1n) is 9.93. The molecule has 158 valence electrons. The molecular formula is C23H14FN3O3S2. The SMILES string of the molecule is O=C(O)c1cn(C2CC2)c2c(cc(F)c3nc(-c4cccs4)c(-c4cccs4)nc32)c1=O. The van der Waals surface area contributed by atoms with Crippen LogP contribution in [0.1, 0.15) is 29.2 Å². The van der Waals surface area contributed by atoms with Crippen molar-refractivity contribution < 1.29 is 14.3 Å². The molecule has 1 fully saturated rings. The molecule has 32 heavy (non-hydrogen) atoms. The molecule has 1 N–H and O–H groups in total. The van der Waals surface area contributed by atoms with Gasteiger partial charge in [-0.3, -0.25) is 4.79 Å². The van der Waals surface area contributed by atoms with Crippen molar-refractivity contribution in [3.8, 4) is 21.1 Å². The number of rotatable bonds is 4. The molecule has 0 amide bonds. The van der Waals surface area contributed by atoms with Crippen molar-refractivity contribution in [2.45, 2.75) is 18.9 Å². The number of pyridine rings is 1. The molecule has 6 nitrogen and oxygen atoms in total. The monoisotopic (exact) mass is 463 g/mol. The van der Waals surface area contributed by atoms with Crippen LogP contribution in [0.5, 0.6) is 0 Å². The molecule has 0 bridgehead atoms. The van der Waals surface area contributed by atoms with Gasteiger partial charge >= 0.3 is 5.97 Å². The topological polar surface area (TPSA) is 85.1 Å². The normalized spacial score (nSPS) is 13.8. The quantitative estimate of drug-likeness (QED) is 0.352. The molecule has 1 aromatic carbocycles. The van der Waals surface area contributed by atoms with E-state index in [9.17, 15) is 14.7 Å². The number of nitrogens with zero attached hydrogens (tertiary/aromatic N) is 3. The predicted octanol–water partition coefficient (Wildman–Crippen LogP) is 5.57. The fourth-order valence-electron chi connectivity index (χ4n) is 3.96. The summed E-state index contributed by atoms with van der Waals surface area (Å²) in [7, 11) is 0. The van der Waals surface area contributed by atoms with Crippen LogP contribution in [0.4, 0.5) is 4.39 Å². The molecule has 4 heterocycles. The summed E-state index contributed by atoms with van der Waals surface area (Å²) >= 11 is 2.99. The van der Waals surface area contributed by atoms with E-state index in [1.54, 1.807) is 4.57 Å². The molecule has 0 atom stereocenters. The number of thiophene rings is 2. The summed E-state index contributed by atoms with van der Waals surface area (Å²) in [4.78, 5) is 35.9. The highest BCUT2D eigenvalue weighted by Crippen LogP contribution is 2.41. The predicted molar refractivity (Wildman–Crippen MR) is 123 cm³/mol. The number of aromatic carboxylic acids is 1. The Bertz CT molecular complexity index is 1590. The summed E-state index contributed by atoms with van der Waals surface area (Å²) in [5.74, 6) is -2.03. The van der Waals surface area contributed by atoms with Crippen LogP contribution in [0.3, 0.4) is 0 Å². The fraction of sp³-hybridized carbons (Fsp3) is 0.130. The van der Waals surface area contributed by atoms with Crippen LogP contribution in [-0.2, 0) is 0 Å². The minimum absolute atomic E-state index is 0.0112. The maximum absolute atomic E-state index is 15.3. The molecule has 5 aromatic rings. The van der Waals surface area contributed by atoms with Gasteiger partial charge in [0.05, 0.1) is 20.7 Å². The number of hydrogen-bond acceptors (Lipinski definition) is 6. The van der Waals surface area contributed by atoms with Crippen molar-refractivity contribution in [2.75, 3.05) is 0 Å². The van der Waals surface area contributed by atoms with E-state index in [1.165, 1.54) is 28.9 Å². The van der Waals surface area contributed by atoms with Crippen LogP contribution in [0.25, 0.3) is 43.1 Å². The lowest BCUT2D eigenvalue weighted by atomic mass is 10.1. The highest BCUT2D eigenvalue weighted by molar-refractivity contribution is 7.14. The Morgan fingerprint density at radius 3 is 2.22 bits per heavy atom. The maximum Gasteiger partial charge on any atom is 0.341 e. The third-order valence-corrected chi connectivity index (χ3v) is 7.32. The van der Waals surface area contributed by atoms with Gasteiger partial charge in [-0.25, -0.2) is 19.2 Å². The van der Waals surface area contributed by atoms with Crippen molar-refractivity contribution in [3.63, 3.8) is 0 Å². The van der Waals surface area contributed by atoms with Gasteiger partial charge in [-0.1, -0.05) is 12.1 Å². The average molecular weight is 464 g/mol. The summed E-state index contributed by atoms with van der Waals surface area (Å²) in [6.45, 7) is 0. The number of carbonyl (C=O) groups is 1. The number of aromatic nitrogens is 3. The minimum atomic E-state index is -1.33. The summed E-state index contributed by atoms with van der Waals surface area (Å²) < 4.78 is 17.0. The van der Waals surface area contributed by atoms with E-state index in [2.05, 4.69) is 4.98 Å². The average Bonchev–Trinajstić information content (AvgIpc) is 3.24. The number of fused-ring (bicyclic) bond motifs is 3. The maximum atomic E-state index is 15.3. The third-order valence-electron chi connectivity index (χ3n) is 5.57. The zero-order valence-electron chi connectivity index (χ0n) is 16.4. The lowest BCUT2D eigenvalue weighted by Crippen LogP contribution is -2.19. The van der Waals surface area contributed by atoms with Crippen molar-refractivity contribution in [1.29, 1.82) is 0 Å². The zero-order valence-corrected chi connectivity index (χ0v) is 18.0. The van der Waals surface area contributed by atoms with Crippen LogP contribution in [0.2, 0.25) is 0 Å². The van der Waals surface area contributed by atoms with Gasteiger partial charge in [0.2, 0.25) is 5.43 Å². The van der Waals surface area contributed by atoms with E-state index in [0.717, 1.165) is 28.7 Å². The summed E-state index contributed by atoms with van der Waals surface area (Å²) in [5, 5.41) is 13.4. The minimum Gasteiger partial charge on any atom is -0.477 e. The lowest BCUT2D eigenvalue weighted by Gasteiger charge is -2.15. The van der Waals surface area contributed by atoms with Crippen LogP contribution < -0.4 is 5.43 Å². The molecule has 1 aliphatic rings. The number of carboxylic acids is 1. The Morgan fingerprint density at radius 2 is 1.69 bits per heavy atom. The molecule has 0 saturated heterocycles. The van der Waals surface area contributed by atoms with Gasteiger partial charge < -0.3 is 9.67 Å². The fourth-order valence-corrected chi connectivity index (χ4v) is 5.39. The second-order valence-corrected chi connectivity index (χ2v) is 9.54. The highest BCUT2D eigenvalue weighted by Gasteiger charge is 2.29. The number of benzene rings is 1. The standard InChI is InChI=1S/C23H14FN3O3S2/c24-14-9-12-21(27(11-5-6-11)10-13(22(12)28)23(29)30)20-17(14)25-18(15-3-1-7-31-15)19(26-20)16-4-2-8-32-16/h1-4,7-11H,5-6H2,(H,29,30). The van der Waals surface area contributed by atoms with Gasteiger partial charge in [-0.15, -0.1) is 22.7 Å². The second-order valence-electron chi connectivity index (χ2n) is 7.64. The van der Waals surface area contributed by atoms with E-state index in [4.69, 9.17) is 4.98 Å². The summed E-state index contributed by atoms with van der Waals surface area (Å²) in [5.41, 5.74) is 0.871. The lowest BCUT2D eigenvalue weighted by molar-refractivity contribution is 0.0695. The second kappa shape index (κ2) is 7.04. The number of halogens is 1. The third kappa shape index (κ3) is 2.89. The number of hydrogen-bond donors (Lipinski definition) is 1. The molecule has 0 unspecified atom stereocenters. The van der Waals surface area contributed by atoms with Crippen molar-refractivity contribution >= 4 is 50.6 Å². The molecule has 1 aliphatic carbocycles. The number of carboxylic acid groups (broad SMARTS) is 1. The first-order chi connectivity index (χ1) is 15.5. The van der Waals surface area contributed by atoms with Crippen LogP contribution in [-0.4, -0.2) is 25.6 Å². The summed E-state index contributed by atoms with van der Waals surface area (Å²) in [6.07, 6.45) is 3.07. The smallest absolute Gasteiger partial charge is 0.341 e. The van der Waals surface area contributed by atoms with Crippen LogP contribution >= 0.6 is 22.7 Å². The molecule has 6 rings (SSSR count). The van der Waals surface area contributed by atoms with Crippen LogP contribution in [0, 0.1) is 5.82 Å². The Hall–Kier alpha value is -3.43. The Morgan fingerprint density at radius 1 is 1.06 bits per heavy atom. The molecule has 0 spiro atoms. The summed E-state index contributed by atoms with van der Waals surface area (Å²) in [6, 6.07) is 8.80. The van der Waals surface area contributed by atoms with Gasteiger partial charge in [0, 0.05) is 12.2 Å². The molecule has 0 aliphatic heterocycles. The van der Waals surface area contributed by atoms with Gasteiger partial charge in [0.25, 0.3) is 0 Å². The largest absolute Gasteiger partial charge is 0.477 e. The van der Waals surface area contributed by atoms with E-state index < -0.39 is 17.2 Å². The van der Waals surface area contributed by atoms with Crippen molar-refractivity contribution in [2.24, 2.45) is 0 Å². The molecule has 1 saturated carbocycles. The molecule has 9 heteroatoms. The van der Waals surface area contributed by atoms with E-state index in [-0.39, 0.29) is 28.0 Å². The van der Waals surface area contributed by atoms with Gasteiger partial charge in [0.15, 0.2) is 5.82 Å².